The van der Waals surface area contributed by atoms with Gasteiger partial charge in [0.05, 0.1) is 5.69 Å². The molecule has 2 aromatic carbocycles. The summed E-state index contributed by atoms with van der Waals surface area (Å²) in [5, 5.41) is 7.93. The van der Waals surface area contributed by atoms with Crippen molar-refractivity contribution in [3.05, 3.63) is 72.4 Å². The zero-order chi connectivity index (χ0) is 14.5. The van der Waals surface area contributed by atoms with Crippen LogP contribution < -0.4 is 10.5 Å². The first kappa shape index (κ1) is 13.3. The van der Waals surface area contributed by atoms with Gasteiger partial charge in [0.2, 0.25) is 5.88 Å². The Kier molecular flexibility index (Phi) is 3.89. The van der Waals surface area contributed by atoms with Crippen molar-refractivity contribution in [2.45, 2.75) is 6.54 Å². The summed E-state index contributed by atoms with van der Waals surface area (Å²) in [5.41, 5.74) is 8.54. The van der Waals surface area contributed by atoms with Crippen LogP contribution in [0.3, 0.4) is 0 Å². The van der Waals surface area contributed by atoms with Crippen LogP contribution in [0.15, 0.2) is 66.7 Å². The first-order chi connectivity index (χ1) is 10.3. The van der Waals surface area contributed by atoms with Crippen molar-refractivity contribution in [3.8, 4) is 22.8 Å². The van der Waals surface area contributed by atoms with Gasteiger partial charge in [-0.15, -0.1) is 5.10 Å². The molecule has 21 heavy (non-hydrogen) atoms. The van der Waals surface area contributed by atoms with E-state index < -0.39 is 0 Å². The van der Waals surface area contributed by atoms with Crippen LogP contribution in [0.4, 0.5) is 0 Å². The Labute approximate surface area is 123 Å². The zero-order valence-corrected chi connectivity index (χ0v) is 11.4. The summed E-state index contributed by atoms with van der Waals surface area (Å²) in [6, 6.07) is 21.6. The molecule has 4 nitrogen and oxygen atoms in total. The van der Waals surface area contributed by atoms with Crippen LogP contribution in [0.25, 0.3) is 11.1 Å². The van der Waals surface area contributed by atoms with Crippen molar-refractivity contribution in [1.29, 1.82) is 0 Å². The zero-order valence-electron chi connectivity index (χ0n) is 11.4. The predicted molar refractivity (Wildman–Crippen MR) is 81.9 cm³/mol. The number of benzene rings is 2. The fourth-order valence-corrected chi connectivity index (χ4v) is 1.98. The van der Waals surface area contributed by atoms with E-state index in [1.165, 1.54) is 5.56 Å². The van der Waals surface area contributed by atoms with Gasteiger partial charge in [0.25, 0.3) is 0 Å². The van der Waals surface area contributed by atoms with E-state index in [1.54, 1.807) is 12.1 Å². The fraction of sp³-hybridized carbons (Fsp3) is 0.0588. The Morgan fingerprint density at radius 2 is 1.48 bits per heavy atom. The quantitative estimate of drug-likeness (QED) is 0.794. The second-order valence-electron chi connectivity index (χ2n) is 4.56. The minimum Gasteiger partial charge on any atom is -0.438 e. The van der Waals surface area contributed by atoms with Gasteiger partial charge in [0.1, 0.15) is 5.75 Å². The van der Waals surface area contributed by atoms with Gasteiger partial charge in [-0.25, -0.2) is 0 Å². The molecule has 2 N–H and O–H groups in total. The maximum atomic E-state index is 5.65. The Hall–Kier alpha value is -2.72. The average molecular weight is 277 g/mol. The van der Waals surface area contributed by atoms with Gasteiger partial charge in [-0.05, 0) is 29.3 Å². The molecule has 1 heterocycles. The van der Waals surface area contributed by atoms with Gasteiger partial charge in [0.15, 0.2) is 0 Å². The molecule has 0 amide bonds. The minimum absolute atomic E-state index is 0.374. The third-order valence-corrected chi connectivity index (χ3v) is 3.09. The van der Waals surface area contributed by atoms with E-state index in [2.05, 4.69) is 22.3 Å². The Morgan fingerprint density at radius 3 is 2.10 bits per heavy atom. The van der Waals surface area contributed by atoms with E-state index in [0.29, 0.717) is 12.4 Å². The third-order valence-electron chi connectivity index (χ3n) is 3.09. The van der Waals surface area contributed by atoms with E-state index in [9.17, 15) is 0 Å². The molecule has 104 valence electrons. The molecule has 0 saturated carbocycles. The van der Waals surface area contributed by atoms with Gasteiger partial charge in [0, 0.05) is 12.6 Å². The highest BCUT2D eigenvalue weighted by atomic mass is 16.5. The highest BCUT2D eigenvalue weighted by Crippen LogP contribution is 2.24. The molecule has 0 aliphatic heterocycles. The normalized spacial score (nSPS) is 10.3. The van der Waals surface area contributed by atoms with Crippen LogP contribution in [0.5, 0.6) is 11.6 Å². The number of nitrogens with zero attached hydrogens (tertiary/aromatic N) is 2. The van der Waals surface area contributed by atoms with Crippen molar-refractivity contribution < 1.29 is 4.74 Å². The van der Waals surface area contributed by atoms with Crippen LogP contribution in [-0.4, -0.2) is 10.2 Å². The predicted octanol–water partition coefficient (Wildman–Crippen LogP) is 3.39. The molecule has 0 bridgehead atoms. The maximum Gasteiger partial charge on any atom is 0.238 e. The molecule has 3 rings (SSSR count). The number of hydrogen-bond acceptors (Lipinski definition) is 4. The fourth-order valence-electron chi connectivity index (χ4n) is 1.98. The molecule has 0 aliphatic carbocycles. The summed E-state index contributed by atoms with van der Waals surface area (Å²) in [5.74, 6) is 1.18. The minimum atomic E-state index is 0.374. The topological polar surface area (TPSA) is 61.0 Å². The molecule has 0 unspecified atom stereocenters. The first-order valence-corrected chi connectivity index (χ1v) is 6.71. The maximum absolute atomic E-state index is 5.65. The van der Waals surface area contributed by atoms with E-state index in [1.807, 2.05) is 42.5 Å². The molecule has 0 spiro atoms. The molecule has 3 aromatic rings. The number of ether oxygens (including phenoxy) is 1. The summed E-state index contributed by atoms with van der Waals surface area (Å²) in [6.45, 7) is 0.374. The largest absolute Gasteiger partial charge is 0.438 e. The Bertz CT molecular complexity index is 694. The molecule has 1 aromatic heterocycles. The van der Waals surface area contributed by atoms with Crippen LogP contribution in [0.1, 0.15) is 5.69 Å². The molecule has 0 aliphatic rings. The van der Waals surface area contributed by atoms with E-state index >= 15 is 0 Å². The lowest BCUT2D eigenvalue weighted by Gasteiger charge is -2.06. The van der Waals surface area contributed by atoms with Crippen molar-refractivity contribution in [3.63, 3.8) is 0 Å². The summed E-state index contributed by atoms with van der Waals surface area (Å²) in [6.07, 6.45) is 0. The van der Waals surface area contributed by atoms with Gasteiger partial charge in [-0.3, -0.25) is 0 Å². The van der Waals surface area contributed by atoms with E-state index in [0.717, 1.165) is 17.0 Å². The summed E-state index contributed by atoms with van der Waals surface area (Å²) >= 11 is 0. The number of hydrogen-bond donors (Lipinski definition) is 1. The standard InChI is InChI=1S/C17H15N3O/c18-12-15-8-11-17(20-19-15)21-16-9-6-14(7-10-16)13-4-2-1-3-5-13/h1-11H,12,18H2. The SMILES string of the molecule is NCc1ccc(Oc2ccc(-c3ccccc3)cc2)nn1. The van der Waals surface area contributed by atoms with Crippen LogP contribution >= 0.6 is 0 Å². The number of rotatable bonds is 4. The van der Waals surface area contributed by atoms with Crippen LogP contribution in [0, 0.1) is 0 Å². The Morgan fingerprint density at radius 1 is 0.762 bits per heavy atom. The molecule has 0 radical (unpaired) electrons. The third kappa shape index (κ3) is 3.24. The molecular formula is C17H15N3O. The number of aromatic nitrogens is 2. The summed E-state index contributed by atoms with van der Waals surface area (Å²) < 4.78 is 5.65. The van der Waals surface area contributed by atoms with Gasteiger partial charge in [-0.1, -0.05) is 42.5 Å². The van der Waals surface area contributed by atoms with Crippen molar-refractivity contribution >= 4 is 0 Å². The highest BCUT2D eigenvalue weighted by Gasteiger charge is 2.01. The van der Waals surface area contributed by atoms with Gasteiger partial charge in [-0.2, -0.15) is 5.10 Å². The second kappa shape index (κ2) is 6.15. The van der Waals surface area contributed by atoms with E-state index in [-0.39, 0.29) is 0 Å². The van der Waals surface area contributed by atoms with Crippen LogP contribution in [-0.2, 0) is 6.54 Å². The second-order valence-corrected chi connectivity index (χ2v) is 4.56. The summed E-state index contributed by atoms with van der Waals surface area (Å²) in [7, 11) is 0. The number of nitrogens with two attached hydrogens (primary N) is 1. The van der Waals surface area contributed by atoms with Crippen LogP contribution in [0.2, 0.25) is 0 Å². The molecular weight excluding hydrogens is 262 g/mol. The smallest absolute Gasteiger partial charge is 0.238 e. The lowest BCUT2D eigenvalue weighted by atomic mass is 10.1. The van der Waals surface area contributed by atoms with Crippen molar-refractivity contribution in [1.82, 2.24) is 10.2 Å². The lowest BCUT2D eigenvalue weighted by Crippen LogP contribution is -2.01. The molecule has 4 heteroatoms. The molecule has 0 atom stereocenters. The monoisotopic (exact) mass is 277 g/mol. The van der Waals surface area contributed by atoms with E-state index in [4.69, 9.17) is 10.5 Å². The van der Waals surface area contributed by atoms with Crippen molar-refractivity contribution in [2.24, 2.45) is 5.73 Å². The lowest BCUT2D eigenvalue weighted by molar-refractivity contribution is 0.454. The highest BCUT2D eigenvalue weighted by molar-refractivity contribution is 5.63. The molecule has 0 saturated heterocycles. The first-order valence-electron chi connectivity index (χ1n) is 6.71. The van der Waals surface area contributed by atoms with Gasteiger partial charge >= 0.3 is 0 Å². The molecule has 0 fully saturated rings. The average Bonchev–Trinajstić information content (AvgIpc) is 2.57. The van der Waals surface area contributed by atoms with Gasteiger partial charge < -0.3 is 10.5 Å². The van der Waals surface area contributed by atoms with Crippen molar-refractivity contribution in [2.75, 3.05) is 0 Å². The Balaban J connectivity index is 1.75. The summed E-state index contributed by atoms with van der Waals surface area (Å²) in [4.78, 5) is 0.